The minimum Gasteiger partial charge on any atom is -0.459 e. The molecule has 0 bridgehead atoms. The molecule has 1 aliphatic rings. The van der Waals surface area contributed by atoms with E-state index in [0.717, 1.165) is 32.7 Å². The first-order valence-corrected chi connectivity index (χ1v) is 7.11. The monoisotopic (exact) mass is 257 g/mol. The molecule has 0 amide bonds. The van der Waals surface area contributed by atoms with E-state index < -0.39 is 0 Å². The van der Waals surface area contributed by atoms with E-state index in [2.05, 4.69) is 25.7 Å². The number of carbonyl (C=O) groups excluding carboxylic acids is 1. The summed E-state index contributed by atoms with van der Waals surface area (Å²) in [5.74, 6) is 0.294. The Balaban J connectivity index is 2.34. The first kappa shape index (κ1) is 15.4. The van der Waals surface area contributed by atoms with Crippen molar-refractivity contribution in [2.75, 3.05) is 26.2 Å². The Hall–Kier alpha value is -0.610. The molecule has 0 radical (unpaired) electrons. The van der Waals surface area contributed by atoms with Gasteiger partial charge < -0.3 is 14.4 Å². The van der Waals surface area contributed by atoms with Crippen LogP contribution in [0, 0.1) is 5.92 Å². The first-order valence-electron chi connectivity index (χ1n) is 7.11. The fraction of sp³-hybridized carbons (Fsp3) is 0.929. The molecule has 0 aromatic rings. The summed E-state index contributed by atoms with van der Waals surface area (Å²) in [6, 6.07) is 0. The second-order valence-corrected chi connectivity index (χ2v) is 5.07. The number of nitrogens with zero attached hydrogens (tertiary/aromatic N) is 1. The number of esters is 1. The molecule has 0 aliphatic carbocycles. The molecule has 2 unspecified atom stereocenters. The molecule has 3 atom stereocenters. The van der Waals surface area contributed by atoms with Crippen LogP contribution >= 0.6 is 0 Å². The van der Waals surface area contributed by atoms with Gasteiger partial charge in [0.1, 0.15) is 6.10 Å². The van der Waals surface area contributed by atoms with Gasteiger partial charge in [0, 0.05) is 13.2 Å². The van der Waals surface area contributed by atoms with E-state index in [1.807, 2.05) is 6.92 Å². The van der Waals surface area contributed by atoms with Gasteiger partial charge in [0.05, 0.1) is 12.5 Å². The molecule has 106 valence electrons. The van der Waals surface area contributed by atoms with Gasteiger partial charge in [-0.1, -0.05) is 20.8 Å². The van der Waals surface area contributed by atoms with Crippen LogP contribution in [0.5, 0.6) is 0 Å². The molecular formula is C14H27NO3. The van der Waals surface area contributed by atoms with Crippen LogP contribution in [0.15, 0.2) is 0 Å². The number of ether oxygens (including phenoxy) is 2. The summed E-state index contributed by atoms with van der Waals surface area (Å²) in [7, 11) is 0. The highest BCUT2D eigenvalue weighted by Gasteiger charge is 2.31. The minimum atomic E-state index is -0.101. The molecule has 1 saturated heterocycles. The van der Waals surface area contributed by atoms with Gasteiger partial charge in [0.2, 0.25) is 0 Å². The van der Waals surface area contributed by atoms with E-state index in [1.165, 1.54) is 0 Å². The van der Waals surface area contributed by atoms with Crippen LogP contribution in [0.4, 0.5) is 0 Å². The van der Waals surface area contributed by atoms with Crippen molar-refractivity contribution < 1.29 is 14.3 Å². The second kappa shape index (κ2) is 7.74. The normalized spacial score (nSPS) is 28.4. The van der Waals surface area contributed by atoms with E-state index in [1.54, 1.807) is 0 Å². The van der Waals surface area contributed by atoms with E-state index in [9.17, 15) is 4.79 Å². The average molecular weight is 257 g/mol. The molecule has 1 aliphatic heterocycles. The summed E-state index contributed by atoms with van der Waals surface area (Å²) in [6.45, 7) is 11.8. The SMILES string of the molecule is CCN(CC)CCC(=O)O[C@@H]1C(C)CCOC1C. The highest BCUT2D eigenvalue weighted by Crippen LogP contribution is 2.23. The van der Waals surface area contributed by atoms with Crippen LogP contribution in [0.3, 0.4) is 0 Å². The van der Waals surface area contributed by atoms with Gasteiger partial charge in [0.15, 0.2) is 0 Å². The van der Waals surface area contributed by atoms with Crippen molar-refractivity contribution in [1.29, 1.82) is 0 Å². The molecule has 0 spiro atoms. The first-order chi connectivity index (χ1) is 8.58. The largest absolute Gasteiger partial charge is 0.459 e. The van der Waals surface area contributed by atoms with Gasteiger partial charge in [0.25, 0.3) is 0 Å². The standard InChI is InChI=1S/C14H27NO3/c1-5-15(6-2)9-7-13(16)18-14-11(3)8-10-17-12(14)4/h11-12,14H,5-10H2,1-4H3/t11?,12?,14-/m1/s1. The number of hydrogen-bond acceptors (Lipinski definition) is 4. The van der Waals surface area contributed by atoms with E-state index in [4.69, 9.17) is 9.47 Å². The van der Waals surface area contributed by atoms with Crippen molar-refractivity contribution in [2.45, 2.75) is 52.7 Å². The average Bonchev–Trinajstić information content (AvgIpc) is 2.35. The fourth-order valence-corrected chi connectivity index (χ4v) is 2.37. The van der Waals surface area contributed by atoms with Crippen molar-refractivity contribution in [3.05, 3.63) is 0 Å². The zero-order valence-corrected chi connectivity index (χ0v) is 12.1. The lowest BCUT2D eigenvalue weighted by molar-refractivity contribution is -0.169. The lowest BCUT2D eigenvalue weighted by Crippen LogP contribution is -2.41. The predicted molar refractivity (Wildman–Crippen MR) is 71.5 cm³/mol. The smallest absolute Gasteiger partial charge is 0.307 e. The third-order valence-electron chi connectivity index (χ3n) is 3.77. The lowest BCUT2D eigenvalue weighted by Gasteiger charge is -2.34. The molecule has 0 aromatic carbocycles. The van der Waals surface area contributed by atoms with Crippen LogP contribution < -0.4 is 0 Å². The van der Waals surface area contributed by atoms with Gasteiger partial charge in [-0.05, 0) is 32.4 Å². The Morgan fingerprint density at radius 3 is 2.56 bits per heavy atom. The van der Waals surface area contributed by atoms with Gasteiger partial charge in [-0.25, -0.2) is 0 Å². The summed E-state index contributed by atoms with van der Waals surface area (Å²) >= 11 is 0. The molecule has 0 aromatic heterocycles. The van der Waals surface area contributed by atoms with E-state index in [-0.39, 0.29) is 18.2 Å². The van der Waals surface area contributed by atoms with Crippen molar-refractivity contribution in [1.82, 2.24) is 4.90 Å². The Bertz CT molecular complexity index is 243. The van der Waals surface area contributed by atoms with Crippen molar-refractivity contribution in [3.8, 4) is 0 Å². The van der Waals surface area contributed by atoms with Crippen LogP contribution in [-0.2, 0) is 14.3 Å². The fourth-order valence-electron chi connectivity index (χ4n) is 2.37. The third-order valence-corrected chi connectivity index (χ3v) is 3.77. The van der Waals surface area contributed by atoms with E-state index in [0.29, 0.717) is 12.3 Å². The molecule has 1 rings (SSSR count). The number of hydrogen-bond donors (Lipinski definition) is 0. The Kier molecular flexibility index (Phi) is 6.65. The van der Waals surface area contributed by atoms with Crippen molar-refractivity contribution in [2.24, 2.45) is 5.92 Å². The maximum absolute atomic E-state index is 11.8. The number of rotatable bonds is 6. The molecule has 1 fully saturated rings. The minimum absolute atomic E-state index is 0.0196. The maximum atomic E-state index is 11.8. The number of carbonyl (C=O) groups is 1. The molecular weight excluding hydrogens is 230 g/mol. The zero-order valence-electron chi connectivity index (χ0n) is 12.1. The van der Waals surface area contributed by atoms with Crippen LogP contribution in [0.2, 0.25) is 0 Å². The summed E-state index contributed by atoms with van der Waals surface area (Å²) in [5, 5.41) is 0. The summed E-state index contributed by atoms with van der Waals surface area (Å²) in [4.78, 5) is 14.1. The van der Waals surface area contributed by atoms with Gasteiger partial charge in [-0.2, -0.15) is 0 Å². The van der Waals surface area contributed by atoms with Crippen molar-refractivity contribution in [3.63, 3.8) is 0 Å². The zero-order chi connectivity index (χ0) is 13.5. The van der Waals surface area contributed by atoms with Crippen molar-refractivity contribution >= 4 is 5.97 Å². The summed E-state index contributed by atoms with van der Waals surface area (Å²) in [5.41, 5.74) is 0. The Morgan fingerprint density at radius 1 is 1.33 bits per heavy atom. The third kappa shape index (κ3) is 4.58. The van der Waals surface area contributed by atoms with Gasteiger partial charge in [-0.3, -0.25) is 4.79 Å². The molecule has 18 heavy (non-hydrogen) atoms. The van der Waals surface area contributed by atoms with Gasteiger partial charge >= 0.3 is 5.97 Å². The lowest BCUT2D eigenvalue weighted by atomic mass is 9.95. The highest BCUT2D eigenvalue weighted by atomic mass is 16.6. The van der Waals surface area contributed by atoms with Crippen LogP contribution in [0.1, 0.15) is 40.5 Å². The second-order valence-electron chi connectivity index (χ2n) is 5.07. The molecule has 4 heteroatoms. The maximum Gasteiger partial charge on any atom is 0.307 e. The molecule has 4 nitrogen and oxygen atoms in total. The predicted octanol–water partition coefficient (Wildman–Crippen LogP) is 2.08. The molecule has 0 N–H and O–H groups in total. The summed E-state index contributed by atoms with van der Waals surface area (Å²) in [6.07, 6.45) is 1.38. The quantitative estimate of drug-likeness (QED) is 0.683. The summed E-state index contributed by atoms with van der Waals surface area (Å²) < 4.78 is 11.1. The Labute approximate surface area is 111 Å². The van der Waals surface area contributed by atoms with Gasteiger partial charge in [-0.15, -0.1) is 0 Å². The molecule has 1 heterocycles. The topological polar surface area (TPSA) is 38.8 Å². The molecule has 0 saturated carbocycles. The Morgan fingerprint density at radius 2 is 2.00 bits per heavy atom. The highest BCUT2D eigenvalue weighted by molar-refractivity contribution is 5.69. The van der Waals surface area contributed by atoms with Crippen LogP contribution in [-0.4, -0.2) is 49.3 Å². The van der Waals surface area contributed by atoms with Crippen LogP contribution in [0.25, 0.3) is 0 Å². The van der Waals surface area contributed by atoms with E-state index >= 15 is 0 Å².